The molecule has 0 aliphatic carbocycles. The van der Waals surface area contributed by atoms with Gasteiger partial charge in [0.25, 0.3) is 5.91 Å². The molecule has 9 heteroatoms. The Kier molecular flexibility index (Phi) is 7.58. The van der Waals surface area contributed by atoms with Crippen molar-refractivity contribution in [1.29, 1.82) is 0 Å². The highest BCUT2D eigenvalue weighted by atomic mass is 35.5. The maximum absolute atomic E-state index is 13.3. The van der Waals surface area contributed by atoms with Crippen molar-refractivity contribution in [3.63, 3.8) is 0 Å². The number of anilines is 1. The Balaban J connectivity index is 0.00000289. The van der Waals surface area contributed by atoms with E-state index < -0.39 is 5.54 Å². The van der Waals surface area contributed by atoms with E-state index in [2.05, 4.69) is 20.4 Å². The van der Waals surface area contributed by atoms with Gasteiger partial charge in [0.2, 0.25) is 5.91 Å². The number of halogens is 2. The summed E-state index contributed by atoms with van der Waals surface area (Å²) in [5.74, 6) is 0.254. The molecule has 1 spiro atoms. The number of hydrogen-bond acceptors (Lipinski definition) is 5. The maximum atomic E-state index is 13.3. The number of piperidine rings is 1. The van der Waals surface area contributed by atoms with E-state index in [1.807, 2.05) is 0 Å². The molecule has 2 N–H and O–H groups in total. The van der Waals surface area contributed by atoms with Gasteiger partial charge in [0.15, 0.2) is 0 Å². The number of benzene rings is 2. The third kappa shape index (κ3) is 4.81. The summed E-state index contributed by atoms with van der Waals surface area (Å²) in [6.45, 7) is 3.17. The number of nitrogens with one attached hydrogen (secondary N) is 2. The van der Waals surface area contributed by atoms with Gasteiger partial charge in [-0.1, -0.05) is 6.07 Å². The number of methoxy groups -OCH3 is 1. The maximum Gasteiger partial charge on any atom is 0.251 e. The second kappa shape index (κ2) is 10.2. The lowest BCUT2D eigenvalue weighted by molar-refractivity contribution is -0.125. The van der Waals surface area contributed by atoms with Crippen LogP contribution in [0.25, 0.3) is 0 Å². The first kappa shape index (κ1) is 23.8. The minimum Gasteiger partial charge on any atom is -0.497 e. The molecule has 2 amide bonds. The molecule has 0 atom stereocenters. The summed E-state index contributed by atoms with van der Waals surface area (Å²) in [6, 6.07) is 13.3. The van der Waals surface area contributed by atoms with E-state index in [1.165, 1.54) is 12.1 Å². The van der Waals surface area contributed by atoms with Gasteiger partial charge < -0.3 is 25.2 Å². The lowest BCUT2D eigenvalue weighted by Gasteiger charge is -2.43. The molecule has 2 fully saturated rings. The first-order valence-corrected chi connectivity index (χ1v) is 10.5. The molecule has 0 unspecified atom stereocenters. The average molecular weight is 463 g/mol. The molecule has 0 saturated carbocycles. The smallest absolute Gasteiger partial charge is 0.251 e. The van der Waals surface area contributed by atoms with Gasteiger partial charge in [0.05, 0.1) is 13.8 Å². The van der Waals surface area contributed by atoms with Crippen LogP contribution in [0.2, 0.25) is 0 Å². The number of ether oxygens (including phenoxy) is 1. The number of hydrogen-bond donors (Lipinski definition) is 2. The van der Waals surface area contributed by atoms with Crippen molar-refractivity contribution in [3.8, 4) is 5.75 Å². The molecule has 2 aromatic carbocycles. The molecule has 7 nitrogen and oxygen atoms in total. The van der Waals surface area contributed by atoms with Gasteiger partial charge in [0.1, 0.15) is 17.1 Å². The number of carbonyl (C=O) groups excluding carboxylic acids is 2. The summed E-state index contributed by atoms with van der Waals surface area (Å²) in [5, 5.41) is 5.90. The summed E-state index contributed by atoms with van der Waals surface area (Å²) < 4.78 is 18.5. The fraction of sp³-hybridized carbons (Fsp3) is 0.391. The van der Waals surface area contributed by atoms with E-state index in [0.717, 1.165) is 18.8 Å². The topological polar surface area (TPSA) is 73.9 Å². The summed E-state index contributed by atoms with van der Waals surface area (Å²) in [7, 11) is 1.57. The minimum atomic E-state index is -0.599. The zero-order valence-electron chi connectivity index (χ0n) is 18.0. The number of likely N-dealkylation sites (tertiary alicyclic amines) is 1. The van der Waals surface area contributed by atoms with Crippen molar-refractivity contribution >= 4 is 29.9 Å². The van der Waals surface area contributed by atoms with Crippen LogP contribution in [-0.4, -0.2) is 62.2 Å². The molecular weight excluding hydrogens is 435 g/mol. The highest BCUT2D eigenvalue weighted by Gasteiger charge is 2.50. The Hall–Kier alpha value is -2.84. The van der Waals surface area contributed by atoms with Crippen molar-refractivity contribution in [2.24, 2.45) is 0 Å². The summed E-state index contributed by atoms with van der Waals surface area (Å²) in [6.07, 6.45) is 1.36. The van der Waals surface area contributed by atoms with E-state index in [4.69, 9.17) is 4.74 Å². The predicted octanol–water partition coefficient (Wildman–Crippen LogP) is 2.41. The predicted molar refractivity (Wildman–Crippen MR) is 123 cm³/mol. The van der Waals surface area contributed by atoms with Crippen molar-refractivity contribution in [1.82, 2.24) is 15.5 Å². The van der Waals surface area contributed by atoms with Crippen LogP contribution >= 0.6 is 12.4 Å². The van der Waals surface area contributed by atoms with Gasteiger partial charge in [-0.05, 0) is 55.3 Å². The second-order valence-electron chi connectivity index (χ2n) is 7.93. The molecule has 2 heterocycles. The lowest BCUT2D eigenvalue weighted by Crippen LogP contribution is -2.57. The number of amides is 2. The summed E-state index contributed by atoms with van der Waals surface area (Å²) in [4.78, 5) is 29.4. The first-order valence-electron chi connectivity index (χ1n) is 10.5. The van der Waals surface area contributed by atoms with Gasteiger partial charge in [0, 0.05) is 37.4 Å². The molecule has 0 radical (unpaired) electrons. The molecule has 32 heavy (non-hydrogen) atoms. The zero-order chi connectivity index (χ0) is 21.8. The van der Waals surface area contributed by atoms with Crippen LogP contribution in [0.5, 0.6) is 5.75 Å². The first-order chi connectivity index (χ1) is 15.0. The van der Waals surface area contributed by atoms with E-state index in [9.17, 15) is 14.0 Å². The summed E-state index contributed by atoms with van der Waals surface area (Å²) in [5.41, 5.74) is 0.811. The Labute approximate surface area is 193 Å². The van der Waals surface area contributed by atoms with E-state index in [1.54, 1.807) is 43.5 Å². The van der Waals surface area contributed by atoms with Crippen LogP contribution in [0.15, 0.2) is 48.5 Å². The second-order valence-corrected chi connectivity index (χ2v) is 7.93. The van der Waals surface area contributed by atoms with Gasteiger partial charge in [-0.15, -0.1) is 12.4 Å². The van der Waals surface area contributed by atoms with Gasteiger partial charge in [-0.3, -0.25) is 9.59 Å². The Morgan fingerprint density at radius 3 is 2.59 bits per heavy atom. The average Bonchev–Trinajstić information content (AvgIpc) is 3.11. The molecule has 2 aromatic rings. The van der Waals surface area contributed by atoms with Crippen LogP contribution in [-0.2, 0) is 4.79 Å². The van der Waals surface area contributed by atoms with E-state index in [0.29, 0.717) is 43.9 Å². The lowest BCUT2D eigenvalue weighted by atomic mass is 9.85. The summed E-state index contributed by atoms with van der Waals surface area (Å²) >= 11 is 0. The fourth-order valence-electron chi connectivity index (χ4n) is 4.39. The van der Waals surface area contributed by atoms with Crippen LogP contribution in [0.4, 0.5) is 10.1 Å². The van der Waals surface area contributed by atoms with Gasteiger partial charge >= 0.3 is 0 Å². The van der Waals surface area contributed by atoms with Crippen LogP contribution in [0.1, 0.15) is 23.2 Å². The van der Waals surface area contributed by atoms with Crippen molar-refractivity contribution in [2.45, 2.75) is 18.4 Å². The van der Waals surface area contributed by atoms with E-state index >= 15 is 0 Å². The molecule has 4 rings (SSSR count). The standard InChI is InChI=1S/C23H27FN4O3.ClH/c1-31-20-4-2-3-17(15-20)21(29)25-11-14-27-12-9-23(10-13-27)22(30)26-16-28(23)19-7-5-18(24)6-8-19;/h2-8,15H,9-14,16H2,1H3,(H,25,29)(H,26,30);1H. The number of nitrogens with zero attached hydrogens (tertiary/aromatic N) is 2. The zero-order valence-corrected chi connectivity index (χ0v) is 18.8. The monoisotopic (exact) mass is 462 g/mol. The molecule has 2 saturated heterocycles. The highest BCUT2D eigenvalue weighted by Crippen LogP contribution is 2.36. The largest absolute Gasteiger partial charge is 0.497 e. The Bertz CT molecular complexity index is 949. The van der Waals surface area contributed by atoms with Crippen molar-refractivity contribution in [3.05, 3.63) is 59.9 Å². The molecular formula is C23H28ClFN4O3. The quantitative estimate of drug-likeness (QED) is 0.689. The van der Waals surface area contributed by atoms with E-state index in [-0.39, 0.29) is 30.0 Å². The molecule has 0 bridgehead atoms. The minimum absolute atomic E-state index is 0. The molecule has 172 valence electrons. The van der Waals surface area contributed by atoms with Crippen molar-refractivity contribution < 1.29 is 18.7 Å². The van der Waals surface area contributed by atoms with Crippen LogP contribution in [0, 0.1) is 5.82 Å². The van der Waals surface area contributed by atoms with Crippen LogP contribution in [0.3, 0.4) is 0 Å². The number of rotatable bonds is 6. The van der Waals surface area contributed by atoms with Gasteiger partial charge in [-0.25, -0.2) is 4.39 Å². The number of carbonyl (C=O) groups is 2. The third-order valence-corrected chi connectivity index (χ3v) is 6.20. The highest BCUT2D eigenvalue weighted by molar-refractivity contribution is 5.94. The van der Waals surface area contributed by atoms with Gasteiger partial charge in [-0.2, -0.15) is 0 Å². The fourth-order valence-corrected chi connectivity index (χ4v) is 4.39. The third-order valence-electron chi connectivity index (χ3n) is 6.20. The normalized spacial score (nSPS) is 17.6. The molecule has 0 aromatic heterocycles. The molecule has 2 aliphatic heterocycles. The van der Waals surface area contributed by atoms with Crippen LogP contribution < -0.4 is 20.3 Å². The Morgan fingerprint density at radius 1 is 1.19 bits per heavy atom. The Morgan fingerprint density at radius 2 is 1.91 bits per heavy atom. The van der Waals surface area contributed by atoms with Crippen molar-refractivity contribution in [2.75, 3.05) is 44.9 Å². The molecule has 2 aliphatic rings. The SMILES string of the molecule is COc1cccc(C(=O)NCCN2CCC3(CC2)C(=O)NCN3c2ccc(F)cc2)c1.Cl.